The Labute approximate surface area is 172 Å². The molecule has 0 saturated carbocycles. The number of nitrogens with zero attached hydrogens (tertiary/aromatic N) is 2. The number of nitro benzene ring substituents is 1. The number of benzene rings is 2. The lowest BCUT2D eigenvalue weighted by atomic mass is 10.1. The number of rotatable bonds is 8. The fourth-order valence-electron chi connectivity index (χ4n) is 3.07. The lowest BCUT2D eigenvalue weighted by molar-refractivity contribution is -0.386. The van der Waals surface area contributed by atoms with Gasteiger partial charge in [0.15, 0.2) is 11.5 Å². The Balaban J connectivity index is 1.75. The Morgan fingerprint density at radius 2 is 1.90 bits per heavy atom. The zero-order chi connectivity index (χ0) is 21.5. The number of carboxylic acids is 1. The molecule has 0 bridgehead atoms. The lowest BCUT2D eigenvalue weighted by Crippen LogP contribution is -2.43. The molecule has 9 heteroatoms. The Hall–Kier alpha value is -3.72. The zero-order valence-electron chi connectivity index (χ0n) is 16.1. The van der Waals surface area contributed by atoms with Crippen LogP contribution < -0.4 is 15.0 Å². The highest BCUT2D eigenvalue weighted by atomic mass is 16.6. The van der Waals surface area contributed by atoms with Gasteiger partial charge in [0.1, 0.15) is 0 Å². The monoisotopic (exact) mass is 411 g/mol. The second-order valence-electron chi connectivity index (χ2n) is 6.61. The van der Waals surface area contributed by atoms with Gasteiger partial charge in [-0.1, -0.05) is 24.3 Å². The van der Waals surface area contributed by atoms with Crippen LogP contribution in [-0.4, -0.2) is 54.1 Å². The molecule has 1 heterocycles. The second kappa shape index (κ2) is 9.66. The quantitative estimate of drug-likeness (QED) is 0.294. The molecule has 2 N–H and O–H groups in total. The molecule has 0 aromatic heterocycles. The van der Waals surface area contributed by atoms with Crippen LogP contribution in [0.5, 0.6) is 5.75 Å². The zero-order valence-corrected chi connectivity index (χ0v) is 16.1. The summed E-state index contributed by atoms with van der Waals surface area (Å²) in [6.07, 6.45) is 0.648. The predicted octanol–water partition coefficient (Wildman–Crippen LogP) is 2.28. The van der Waals surface area contributed by atoms with Crippen molar-refractivity contribution in [3.63, 3.8) is 0 Å². The van der Waals surface area contributed by atoms with E-state index in [0.717, 1.165) is 44.0 Å². The van der Waals surface area contributed by atoms with E-state index in [1.807, 2.05) is 6.07 Å². The first-order valence-corrected chi connectivity index (χ1v) is 9.37. The van der Waals surface area contributed by atoms with Crippen molar-refractivity contribution in [1.82, 2.24) is 5.32 Å². The molecule has 1 fully saturated rings. The summed E-state index contributed by atoms with van der Waals surface area (Å²) in [5.74, 6) is -1.94. The number of ether oxygens (including phenoxy) is 1. The molecule has 9 nitrogen and oxygen atoms in total. The number of carbonyl (C=O) groups excluding carboxylic acids is 1. The topological polar surface area (TPSA) is 122 Å². The number of anilines is 1. The average molecular weight is 411 g/mol. The van der Waals surface area contributed by atoms with Gasteiger partial charge in [-0.25, -0.2) is 4.79 Å². The number of carboxylic acid groups (broad SMARTS) is 1. The number of hydrogen-bond donors (Lipinski definition) is 2. The molecule has 0 amide bonds. The van der Waals surface area contributed by atoms with Crippen molar-refractivity contribution in [3.05, 3.63) is 76.4 Å². The summed E-state index contributed by atoms with van der Waals surface area (Å²) in [6.45, 7) is 3.39. The van der Waals surface area contributed by atoms with Gasteiger partial charge in [-0.05, 0) is 30.4 Å². The molecule has 2 aromatic carbocycles. The summed E-state index contributed by atoms with van der Waals surface area (Å²) in [5.41, 5.74) is 0.978. The lowest BCUT2D eigenvalue weighted by Gasteiger charge is -2.29. The van der Waals surface area contributed by atoms with Crippen LogP contribution in [0.1, 0.15) is 10.4 Å². The van der Waals surface area contributed by atoms with E-state index in [4.69, 9.17) is 4.74 Å². The second-order valence-corrected chi connectivity index (χ2v) is 6.61. The Bertz CT molecular complexity index is 969. The molecule has 2 aromatic rings. The summed E-state index contributed by atoms with van der Waals surface area (Å²) < 4.78 is 5.28. The molecule has 3 rings (SSSR count). The minimum absolute atomic E-state index is 0.187. The number of carbonyl (C=O) groups is 2. The molecule has 1 aliphatic rings. The first-order chi connectivity index (χ1) is 14.5. The van der Waals surface area contributed by atoms with Crippen molar-refractivity contribution < 1.29 is 24.4 Å². The van der Waals surface area contributed by atoms with E-state index < -0.39 is 17.0 Å². The number of allylic oxidation sites excluding steroid dienone is 1. The molecular weight excluding hydrogens is 390 g/mol. The van der Waals surface area contributed by atoms with E-state index in [2.05, 4.69) is 10.2 Å². The smallest absolute Gasteiger partial charge is 0.349 e. The van der Waals surface area contributed by atoms with Crippen LogP contribution in [0.25, 0.3) is 0 Å². The maximum atomic E-state index is 12.6. The van der Waals surface area contributed by atoms with E-state index in [1.54, 1.807) is 18.2 Å². The van der Waals surface area contributed by atoms with Crippen molar-refractivity contribution in [2.45, 2.75) is 6.10 Å². The highest BCUT2D eigenvalue weighted by Gasteiger charge is 2.22. The maximum Gasteiger partial charge on any atom is 0.349 e. The molecule has 0 spiro atoms. The van der Waals surface area contributed by atoms with E-state index in [0.29, 0.717) is 5.56 Å². The molecular formula is C21H21N3O6. The van der Waals surface area contributed by atoms with Gasteiger partial charge >= 0.3 is 11.7 Å². The van der Waals surface area contributed by atoms with E-state index in [1.165, 1.54) is 24.3 Å². The summed E-state index contributed by atoms with van der Waals surface area (Å²) >= 11 is 0. The molecule has 0 radical (unpaired) electrons. The molecule has 30 heavy (non-hydrogen) atoms. The van der Waals surface area contributed by atoms with Crippen molar-refractivity contribution in [3.8, 4) is 5.75 Å². The number of ketones is 1. The Morgan fingerprint density at radius 1 is 1.17 bits per heavy atom. The Morgan fingerprint density at radius 3 is 2.60 bits per heavy atom. The van der Waals surface area contributed by atoms with E-state index >= 15 is 0 Å². The number of nitro groups is 1. The van der Waals surface area contributed by atoms with Crippen LogP contribution in [0.15, 0.2) is 60.7 Å². The average Bonchev–Trinajstić information content (AvgIpc) is 2.77. The molecule has 1 unspecified atom stereocenters. The SMILES string of the molecule is O=C(C=CC(Oc1ccccc1[N+](=O)[O-])C(=O)O)c1cccc(N2CCNCC2)c1. The van der Waals surface area contributed by atoms with Gasteiger partial charge < -0.3 is 20.1 Å². The standard InChI is InChI=1S/C21H21N3O6/c25-18(15-4-3-5-16(14-15)23-12-10-22-11-13-23)8-9-20(21(26)27)30-19-7-2-1-6-17(19)24(28)29/h1-9,14,20,22H,10-13H2,(H,26,27). The molecule has 1 aliphatic heterocycles. The maximum absolute atomic E-state index is 12.6. The molecule has 1 saturated heterocycles. The van der Waals surface area contributed by atoms with E-state index in [9.17, 15) is 24.8 Å². The normalized spacial score (nSPS) is 15.0. The van der Waals surface area contributed by atoms with Crippen molar-refractivity contribution >= 4 is 23.1 Å². The van der Waals surface area contributed by atoms with Gasteiger partial charge in [0.05, 0.1) is 4.92 Å². The van der Waals surface area contributed by atoms with Crippen LogP contribution in [0.3, 0.4) is 0 Å². The first kappa shape index (κ1) is 21.0. The predicted molar refractivity (Wildman–Crippen MR) is 110 cm³/mol. The van der Waals surface area contributed by atoms with Gasteiger partial charge in [0.2, 0.25) is 6.10 Å². The molecule has 156 valence electrons. The third kappa shape index (κ3) is 5.21. The highest BCUT2D eigenvalue weighted by molar-refractivity contribution is 6.05. The van der Waals surface area contributed by atoms with E-state index in [-0.39, 0.29) is 17.2 Å². The van der Waals surface area contributed by atoms with Gasteiger partial charge in [0.25, 0.3) is 0 Å². The van der Waals surface area contributed by atoms with Crippen LogP contribution in [0, 0.1) is 10.1 Å². The van der Waals surface area contributed by atoms with Gasteiger partial charge in [-0.15, -0.1) is 0 Å². The minimum atomic E-state index is -1.55. The summed E-state index contributed by atoms with van der Waals surface area (Å²) in [4.78, 5) is 36.7. The fraction of sp³-hybridized carbons (Fsp3) is 0.238. The number of piperazine rings is 1. The number of aliphatic carboxylic acids is 1. The summed E-state index contributed by atoms with van der Waals surface area (Å²) in [6, 6.07) is 12.6. The largest absolute Gasteiger partial charge is 0.478 e. The molecule has 1 atom stereocenters. The van der Waals surface area contributed by atoms with Crippen LogP contribution in [-0.2, 0) is 4.79 Å². The van der Waals surface area contributed by atoms with Crippen LogP contribution in [0.4, 0.5) is 11.4 Å². The van der Waals surface area contributed by atoms with Gasteiger partial charge in [0, 0.05) is 43.5 Å². The Kier molecular flexibility index (Phi) is 6.76. The summed E-state index contributed by atoms with van der Waals surface area (Å²) in [7, 11) is 0. The third-order valence-corrected chi connectivity index (χ3v) is 4.59. The summed E-state index contributed by atoms with van der Waals surface area (Å²) in [5, 5.41) is 23.7. The number of nitrogens with one attached hydrogen (secondary N) is 1. The highest BCUT2D eigenvalue weighted by Crippen LogP contribution is 2.27. The van der Waals surface area contributed by atoms with Gasteiger partial charge in [-0.3, -0.25) is 14.9 Å². The van der Waals surface area contributed by atoms with Crippen LogP contribution >= 0.6 is 0 Å². The third-order valence-electron chi connectivity index (χ3n) is 4.59. The van der Waals surface area contributed by atoms with Gasteiger partial charge in [-0.2, -0.15) is 0 Å². The number of hydrogen-bond acceptors (Lipinski definition) is 7. The van der Waals surface area contributed by atoms with Crippen molar-refractivity contribution in [2.24, 2.45) is 0 Å². The minimum Gasteiger partial charge on any atom is -0.478 e. The fourth-order valence-corrected chi connectivity index (χ4v) is 3.07. The number of para-hydroxylation sites is 2. The van der Waals surface area contributed by atoms with Crippen molar-refractivity contribution in [2.75, 3.05) is 31.1 Å². The first-order valence-electron chi connectivity index (χ1n) is 9.37. The van der Waals surface area contributed by atoms with Crippen molar-refractivity contribution in [1.29, 1.82) is 0 Å². The van der Waals surface area contributed by atoms with Crippen LogP contribution in [0.2, 0.25) is 0 Å². The molecule has 0 aliphatic carbocycles.